The van der Waals surface area contributed by atoms with Gasteiger partial charge < -0.3 is 0 Å². The molecule has 0 spiro atoms. The molecule has 0 saturated carbocycles. The van der Waals surface area contributed by atoms with E-state index in [4.69, 9.17) is 6.42 Å². The van der Waals surface area contributed by atoms with E-state index in [9.17, 15) is 8.42 Å². The van der Waals surface area contributed by atoms with Crippen molar-refractivity contribution in [2.75, 3.05) is 18.8 Å². The molecule has 0 aromatic heterocycles. The van der Waals surface area contributed by atoms with Crippen LogP contribution in [0.3, 0.4) is 0 Å². The molecule has 0 aromatic carbocycles. The van der Waals surface area contributed by atoms with Crippen LogP contribution in [-0.4, -0.2) is 31.6 Å². The minimum atomic E-state index is -3.09. The zero-order valence-electron chi connectivity index (χ0n) is 7.58. The van der Waals surface area contributed by atoms with E-state index >= 15 is 0 Å². The smallest absolute Gasteiger partial charge is 0.212 e. The molecule has 0 aliphatic heterocycles. The third-order valence-corrected chi connectivity index (χ3v) is 3.57. The lowest BCUT2D eigenvalue weighted by atomic mass is 10.6. The molecule has 0 fully saturated rings. The summed E-state index contributed by atoms with van der Waals surface area (Å²) in [6.45, 7) is 4.25. The van der Waals surface area contributed by atoms with Gasteiger partial charge in [0, 0.05) is 6.54 Å². The molecule has 0 atom stereocenters. The van der Waals surface area contributed by atoms with Crippen molar-refractivity contribution in [2.45, 2.75) is 20.3 Å². The number of sulfonamides is 1. The molecule has 0 rings (SSSR count). The molecule has 0 N–H and O–H groups in total. The molecular formula is C8H15NO2S. The molecule has 70 valence electrons. The highest BCUT2D eigenvalue weighted by Gasteiger charge is 2.17. The fraction of sp³-hybridized carbons (Fsp3) is 0.750. The van der Waals surface area contributed by atoms with Crippen LogP contribution in [0.25, 0.3) is 0 Å². The Hall–Kier alpha value is -0.530. The van der Waals surface area contributed by atoms with Crippen LogP contribution in [0.2, 0.25) is 0 Å². The van der Waals surface area contributed by atoms with Crippen LogP contribution < -0.4 is 0 Å². The molecule has 0 unspecified atom stereocenters. The van der Waals surface area contributed by atoms with E-state index < -0.39 is 10.0 Å². The Labute approximate surface area is 74.8 Å². The first kappa shape index (κ1) is 11.5. The minimum Gasteiger partial charge on any atom is -0.212 e. The van der Waals surface area contributed by atoms with Gasteiger partial charge >= 0.3 is 0 Å². The quantitative estimate of drug-likeness (QED) is 0.596. The van der Waals surface area contributed by atoms with Crippen molar-refractivity contribution < 1.29 is 8.42 Å². The summed E-state index contributed by atoms with van der Waals surface area (Å²) in [6, 6.07) is 0. The molecule has 0 aromatic rings. The van der Waals surface area contributed by atoms with Crippen molar-refractivity contribution >= 4 is 10.0 Å². The summed E-state index contributed by atoms with van der Waals surface area (Å²) in [7, 11) is -3.09. The summed E-state index contributed by atoms with van der Waals surface area (Å²) in [5, 5.41) is 0. The standard InChI is InChI=1S/C8H15NO2S/c1-4-7-9(6-3)12(10,11)8-5-2/h1H,5-8H2,2-3H3. The van der Waals surface area contributed by atoms with E-state index in [0.29, 0.717) is 13.0 Å². The Morgan fingerprint density at radius 3 is 2.33 bits per heavy atom. The summed E-state index contributed by atoms with van der Waals surface area (Å²) in [5.74, 6) is 2.51. The SMILES string of the molecule is C#CCN(CC)S(=O)(=O)CCC. The van der Waals surface area contributed by atoms with Crippen LogP contribution in [0, 0.1) is 12.3 Å². The average Bonchev–Trinajstić information content (AvgIpc) is 1.99. The van der Waals surface area contributed by atoms with Gasteiger partial charge in [-0.15, -0.1) is 6.42 Å². The van der Waals surface area contributed by atoms with Crippen molar-refractivity contribution in [1.29, 1.82) is 0 Å². The highest BCUT2D eigenvalue weighted by Crippen LogP contribution is 2.01. The molecule has 12 heavy (non-hydrogen) atoms. The Morgan fingerprint density at radius 2 is 2.00 bits per heavy atom. The molecule has 0 radical (unpaired) electrons. The normalized spacial score (nSPS) is 11.5. The first-order valence-corrected chi connectivity index (χ1v) is 5.60. The predicted octanol–water partition coefficient (Wildman–Crippen LogP) is 0.681. The molecule has 3 nitrogen and oxygen atoms in total. The minimum absolute atomic E-state index is 0.179. The van der Waals surface area contributed by atoms with E-state index in [1.165, 1.54) is 4.31 Å². The van der Waals surface area contributed by atoms with E-state index in [0.717, 1.165) is 0 Å². The topological polar surface area (TPSA) is 37.4 Å². The summed E-state index contributed by atoms with van der Waals surface area (Å²) < 4.78 is 24.1. The molecule has 0 aliphatic carbocycles. The predicted molar refractivity (Wildman–Crippen MR) is 50.2 cm³/mol. The Morgan fingerprint density at radius 1 is 1.42 bits per heavy atom. The van der Waals surface area contributed by atoms with Crippen LogP contribution in [0.15, 0.2) is 0 Å². The molecule has 4 heteroatoms. The third-order valence-electron chi connectivity index (χ3n) is 1.48. The first-order chi connectivity index (χ1) is 5.58. The van der Waals surface area contributed by atoms with E-state index in [1.54, 1.807) is 6.92 Å². The van der Waals surface area contributed by atoms with Gasteiger partial charge in [-0.05, 0) is 6.42 Å². The molecule has 0 saturated heterocycles. The largest absolute Gasteiger partial charge is 0.214 e. The lowest BCUT2D eigenvalue weighted by molar-refractivity contribution is 0.463. The van der Waals surface area contributed by atoms with Crippen LogP contribution in [0.4, 0.5) is 0 Å². The van der Waals surface area contributed by atoms with Gasteiger partial charge in [-0.25, -0.2) is 8.42 Å². The lowest BCUT2D eigenvalue weighted by Gasteiger charge is -2.16. The van der Waals surface area contributed by atoms with E-state index in [2.05, 4.69) is 5.92 Å². The summed E-state index contributed by atoms with van der Waals surface area (Å²) in [4.78, 5) is 0. The number of terminal acetylenes is 1. The fourth-order valence-corrected chi connectivity index (χ4v) is 2.33. The maximum atomic E-state index is 11.4. The Kier molecular flexibility index (Phi) is 4.95. The number of nitrogens with zero attached hydrogens (tertiary/aromatic N) is 1. The van der Waals surface area contributed by atoms with Gasteiger partial charge in [0.2, 0.25) is 10.0 Å². The first-order valence-electron chi connectivity index (χ1n) is 3.99. The molecule has 0 amide bonds. The zero-order valence-corrected chi connectivity index (χ0v) is 8.39. The van der Waals surface area contributed by atoms with Gasteiger partial charge in [0.1, 0.15) is 0 Å². The van der Waals surface area contributed by atoms with Crippen molar-refractivity contribution in [1.82, 2.24) is 4.31 Å². The number of hydrogen-bond acceptors (Lipinski definition) is 2. The van der Waals surface area contributed by atoms with Gasteiger partial charge in [0.25, 0.3) is 0 Å². The second-order valence-corrected chi connectivity index (χ2v) is 4.53. The van der Waals surface area contributed by atoms with Crippen molar-refractivity contribution in [3.63, 3.8) is 0 Å². The maximum absolute atomic E-state index is 11.4. The highest BCUT2D eigenvalue weighted by molar-refractivity contribution is 7.89. The second kappa shape index (κ2) is 5.18. The molecular weight excluding hydrogens is 174 g/mol. The lowest BCUT2D eigenvalue weighted by Crippen LogP contribution is -2.33. The van der Waals surface area contributed by atoms with E-state index in [1.807, 2.05) is 6.92 Å². The van der Waals surface area contributed by atoms with Crippen molar-refractivity contribution in [2.24, 2.45) is 0 Å². The molecule has 0 aliphatic rings. The maximum Gasteiger partial charge on any atom is 0.214 e. The number of rotatable bonds is 5. The fourth-order valence-electron chi connectivity index (χ4n) is 0.896. The summed E-state index contributed by atoms with van der Waals surface area (Å²) in [6.07, 6.45) is 5.67. The van der Waals surface area contributed by atoms with Crippen LogP contribution in [0.1, 0.15) is 20.3 Å². The number of hydrogen-bond donors (Lipinski definition) is 0. The summed E-state index contributed by atoms with van der Waals surface area (Å²) >= 11 is 0. The zero-order chi connectivity index (χ0) is 9.61. The van der Waals surface area contributed by atoms with Crippen molar-refractivity contribution in [3.05, 3.63) is 0 Å². The monoisotopic (exact) mass is 189 g/mol. The Bertz CT molecular complexity index is 251. The van der Waals surface area contributed by atoms with Crippen LogP contribution >= 0.6 is 0 Å². The van der Waals surface area contributed by atoms with Gasteiger partial charge in [0.15, 0.2) is 0 Å². The highest BCUT2D eigenvalue weighted by atomic mass is 32.2. The van der Waals surface area contributed by atoms with Crippen LogP contribution in [-0.2, 0) is 10.0 Å². The van der Waals surface area contributed by atoms with Gasteiger partial charge in [-0.1, -0.05) is 19.8 Å². The van der Waals surface area contributed by atoms with E-state index in [-0.39, 0.29) is 12.3 Å². The summed E-state index contributed by atoms with van der Waals surface area (Å²) in [5.41, 5.74) is 0. The molecule has 0 bridgehead atoms. The van der Waals surface area contributed by atoms with Gasteiger partial charge in [-0.2, -0.15) is 4.31 Å². The van der Waals surface area contributed by atoms with Gasteiger partial charge in [-0.3, -0.25) is 0 Å². The van der Waals surface area contributed by atoms with Crippen LogP contribution in [0.5, 0.6) is 0 Å². The second-order valence-electron chi connectivity index (χ2n) is 2.45. The third kappa shape index (κ3) is 3.24. The Balaban J connectivity index is 4.40. The average molecular weight is 189 g/mol. The van der Waals surface area contributed by atoms with Gasteiger partial charge in [0.05, 0.1) is 12.3 Å². The molecule has 0 heterocycles. The van der Waals surface area contributed by atoms with Crippen molar-refractivity contribution in [3.8, 4) is 12.3 Å².